The van der Waals surface area contributed by atoms with Crippen LogP contribution in [-0.4, -0.2) is 65.8 Å². The van der Waals surface area contributed by atoms with Gasteiger partial charge in [0.1, 0.15) is 10.6 Å². The first kappa shape index (κ1) is 18.9. The number of nitrogens with one attached hydrogen (secondary N) is 1. The zero-order valence-corrected chi connectivity index (χ0v) is 17.4. The van der Waals surface area contributed by atoms with E-state index >= 15 is 0 Å². The summed E-state index contributed by atoms with van der Waals surface area (Å²) in [6.07, 6.45) is 4.28. The minimum Gasteiger partial charge on any atom is -0.369 e. The largest absolute Gasteiger partial charge is 0.369 e. The van der Waals surface area contributed by atoms with E-state index in [2.05, 4.69) is 36.0 Å². The SMILES string of the molecule is CCN(CC)CCCNc1nc(SC)nc2sc3c(c12)CCN(C)C3. The fraction of sp³-hybridized carbons (Fsp3) is 0.667. The van der Waals surface area contributed by atoms with Crippen LogP contribution >= 0.6 is 23.1 Å². The summed E-state index contributed by atoms with van der Waals surface area (Å²) in [7, 11) is 2.19. The number of hydrogen-bond donors (Lipinski definition) is 1. The Hall–Kier alpha value is -0.890. The van der Waals surface area contributed by atoms with Crippen molar-refractivity contribution in [2.45, 2.75) is 38.4 Å². The number of fused-ring (bicyclic) bond motifs is 3. The van der Waals surface area contributed by atoms with Gasteiger partial charge in [-0.05, 0) is 51.3 Å². The van der Waals surface area contributed by atoms with Crippen LogP contribution in [0.25, 0.3) is 10.2 Å². The molecule has 0 fully saturated rings. The molecule has 0 saturated carbocycles. The average molecular weight is 380 g/mol. The van der Waals surface area contributed by atoms with Crippen molar-refractivity contribution in [2.75, 3.05) is 51.3 Å². The summed E-state index contributed by atoms with van der Waals surface area (Å²) in [5.41, 5.74) is 1.47. The Bertz CT molecular complexity index is 711. The Kier molecular flexibility index (Phi) is 6.55. The van der Waals surface area contributed by atoms with Crippen molar-refractivity contribution in [1.82, 2.24) is 19.8 Å². The van der Waals surface area contributed by atoms with E-state index in [9.17, 15) is 0 Å². The van der Waals surface area contributed by atoms with E-state index < -0.39 is 0 Å². The first-order valence-corrected chi connectivity index (χ1v) is 11.2. The van der Waals surface area contributed by atoms with Crippen molar-refractivity contribution in [3.8, 4) is 0 Å². The van der Waals surface area contributed by atoms with Gasteiger partial charge in [-0.25, -0.2) is 9.97 Å². The number of likely N-dealkylation sites (N-methyl/N-ethyl adjacent to an activating group) is 1. The Labute approximate surface area is 159 Å². The fourth-order valence-electron chi connectivity index (χ4n) is 3.37. The zero-order valence-electron chi connectivity index (χ0n) is 15.8. The molecular weight excluding hydrogens is 350 g/mol. The highest BCUT2D eigenvalue weighted by Crippen LogP contribution is 2.38. The molecule has 0 aliphatic carbocycles. The molecule has 2 aromatic heterocycles. The van der Waals surface area contributed by atoms with Crippen molar-refractivity contribution >= 4 is 39.1 Å². The molecule has 0 aromatic carbocycles. The van der Waals surface area contributed by atoms with Crippen LogP contribution in [0.1, 0.15) is 30.7 Å². The lowest BCUT2D eigenvalue weighted by atomic mass is 10.1. The van der Waals surface area contributed by atoms with Crippen LogP contribution in [0.5, 0.6) is 0 Å². The molecule has 0 radical (unpaired) electrons. The second-order valence-corrected chi connectivity index (χ2v) is 8.39. The molecule has 1 aliphatic rings. The smallest absolute Gasteiger partial charge is 0.190 e. The molecule has 1 aliphatic heterocycles. The zero-order chi connectivity index (χ0) is 17.8. The van der Waals surface area contributed by atoms with Gasteiger partial charge >= 0.3 is 0 Å². The van der Waals surface area contributed by atoms with Gasteiger partial charge in [-0.3, -0.25) is 0 Å². The minimum absolute atomic E-state index is 0.866. The van der Waals surface area contributed by atoms with E-state index in [1.54, 1.807) is 11.8 Å². The van der Waals surface area contributed by atoms with Crippen LogP contribution in [0.15, 0.2) is 5.16 Å². The summed E-state index contributed by atoms with van der Waals surface area (Å²) in [6, 6.07) is 0. The Morgan fingerprint density at radius 2 is 2.08 bits per heavy atom. The Balaban J connectivity index is 1.81. The maximum atomic E-state index is 4.80. The van der Waals surface area contributed by atoms with Gasteiger partial charge in [0, 0.05) is 24.5 Å². The van der Waals surface area contributed by atoms with Crippen LogP contribution in [0, 0.1) is 0 Å². The number of thiophene rings is 1. The topological polar surface area (TPSA) is 44.3 Å². The standard InChI is InChI=1S/C18H29N5S2/c1-5-23(6-2)10-7-9-19-16-15-13-8-11-22(3)12-14(13)25-17(15)21-18(20-16)24-4/h5-12H2,1-4H3,(H,19,20,21). The molecule has 0 spiro atoms. The van der Waals surface area contributed by atoms with Gasteiger partial charge < -0.3 is 15.1 Å². The first-order valence-electron chi connectivity index (χ1n) is 9.17. The summed E-state index contributed by atoms with van der Waals surface area (Å²) in [5.74, 6) is 1.04. The van der Waals surface area contributed by atoms with Gasteiger partial charge in [0.15, 0.2) is 5.16 Å². The van der Waals surface area contributed by atoms with Gasteiger partial charge in [0.25, 0.3) is 0 Å². The lowest BCUT2D eigenvalue weighted by molar-refractivity contribution is 0.303. The third-order valence-corrected chi connectivity index (χ3v) is 6.55. The van der Waals surface area contributed by atoms with E-state index in [0.717, 1.165) is 67.9 Å². The Morgan fingerprint density at radius 1 is 1.28 bits per heavy atom. The number of aromatic nitrogens is 2. The number of rotatable bonds is 8. The first-order chi connectivity index (χ1) is 12.2. The molecule has 0 amide bonds. The van der Waals surface area contributed by atoms with E-state index in [4.69, 9.17) is 9.97 Å². The van der Waals surface area contributed by atoms with Crippen LogP contribution < -0.4 is 5.32 Å². The van der Waals surface area contributed by atoms with Crippen LogP contribution in [0.4, 0.5) is 5.82 Å². The van der Waals surface area contributed by atoms with Gasteiger partial charge in [-0.1, -0.05) is 25.6 Å². The van der Waals surface area contributed by atoms with Crippen molar-refractivity contribution in [3.63, 3.8) is 0 Å². The van der Waals surface area contributed by atoms with Crippen LogP contribution in [0.3, 0.4) is 0 Å². The summed E-state index contributed by atoms with van der Waals surface area (Å²) in [6.45, 7) is 10.9. The maximum absolute atomic E-state index is 4.80. The second kappa shape index (κ2) is 8.66. The van der Waals surface area contributed by atoms with E-state index in [1.165, 1.54) is 15.8 Å². The molecule has 0 bridgehead atoms. The molecule has 1 N–H and O–H groups in total. The monoisotopic (exact) mass is 379 g/mol. The normalized spacial score (nSPS) is 15.1. The lowest BCUT2D eigenvalue weighted by Crippen LogP contribution is -2.26. The second-order valence-electron chi connectivity index (χ2n) is 6.54. The third kappa shape index (κ3) is 4.27. The number of thioether (sulfide) groups is 1. The maximum Gasteiger partial charge on any atom is 0.190 e. The van der Waals surface area contributed by atoms with Crippen molar-refractivity contribution in [3.05, 3.63) is 10.4 Å². The van der Waals surface area contributed by atoms with Crippen molar-refractivity contribution in [1.29, 1.82) is 0 Å². The predicted molar refractivity (Wildman–Crippen MR) is 110 cm³/mol. The number of anilines is 1. The fourth-order valence-corrected chi connectivity index (χ4v) is 5.09. The molecule has 138 valence electrons. The van der Waals surface area contributed by atoms with Gasteiger partial charge in [0.05, 0.1) is 5.39 Å². The van der Waals surface area contributed by atoms with Gasteiger partial charge in [0.2, 0.25) is 0 Å². The predicted octanol–water partition coefficient (Wildman–Crippen LogP) is 3.54. The molecule has 0 unspecified atom stereocenters. The molecule has 7 heteroatoms. The average Bonchev–Trinajstić information content (AvgIpc) is 2.98. The van der Waals surface area contributed by atoms with E-state index in [1.807, 2.05) is 17.6 Å². The highest BCUT2D eigenvalue weighted by Gasteiger charge is 2.22. The molecule has 0 saturated heterocycles. The highest BCUT2D eigenvalue weighted by atomic mass is 32.2. The number of nitrogens with zero attached hydrogens (tertiary/aromatic N) is 4. The Morgan fingerprint density at radius 3 is 2.80 bits per heavy atom. The lowest BCUT2D eigenvalue weighted by Gasteiger charge is -2.22. The van der Waals surface area contributed by atoms with Crippen LogP contribution in [-0.2, 0) is 13.0 Å². The molecule has 0 atom stereocenters. The van der Waals surface area contributed by atoms with E-state index in [0.29, 0.717) is 0 Å². The van der Waals surface area contributed by atoms with Crippen molar-refractivity contribution < 1.29 is 0 Å². The number of hydrogen-bond acceptors (Lipinski definition) is 7. The highest BCUT2D eigenvalue weighted by molar-refractivity contribution is 7.98. The summed E-state index contributed by atoms with van der Waals surface area (Å²) >= 11 is 3.47. The van der Waals surface area contributed by atoms with E-state index in [-0.39, 0.29) is 0 Å². The van der Waals surface area contributed by atoms with Crippen LogP contribution in [0.2, 0.25) is 0 Å². The summed E-state index contributed by atoms with van der Waals surface area (Å²) < 4.78 is 0. The van der Waals surface area contributed by atoms with Gasteiger partial charge in [-0.15, -0.1) is 11.3 Å². The molecule has 5 nitrogen and oxygen atoms in total. The molecule has 25 heavy (non-hydrogen) atoms. The summed E-state index contributed by atoms with van der Waals surface area (Å²) in [4.78, 5) is 17.0. The molecule has 2 aromatic rings. The van der Waals surface area contributed by atoms with Crippen molar-refractivity contribution in [2.24, 2.45) is 0 Å². The molecular formula is C18H29N5S2. The van der Waals surface area contributed by atoms with Gasteiger partial charge in [-0.2, -0.15) is 0 Å². The molecule has 3 rings (SSSR count). The minimum atomic E-state index is 0.866. The quantitative estimate of drug-likeness (QED) is 0.430. The summed E-state index contributed by atoms with van der Waals surface area (Å²) in [5, 5.41) is 5.75. The molecule has 3 heterocycles. The third-order valence-electron chi connectivity index (χ3n) is 4.89.